The third-order valence-corrected chi connectivity index (χ3v) is 4.48. The lowest BCUT2D eigenvalue weighted by atomic mass is 9.79. The molecule has 0 aliphatic carbocycles. The van der Waals surface area contributed by atoms with Crippen LogP contribution in [-0.4, -0.2) is 23.5 Å². The lowest BCUT2D eigenvalue weighted by Gasteiger charge is -2.28. The van der Waals surface area contributed by atoms with E-state index in [0.29, 0.717) is 19.4 Å². The Balaban J connectivity index is 4.72. The summed E-state index contributed by atoms with van der Waals surface area (Å²) in [5, 5.41) is 12.3. The highest BCUT2D eigenvalue weighted by Crippen LogP contribution is 2.30. The summed E-state index contributed by atoms with van der Waals surface area (Å²) < 4.78 is 0.00921. The molecule has 0 aromatic heterocycles. The monoisotopic (exact) mass is 270 g/mol. The molecule has 3 nitrogen and oxygen atoms in total. The van der Waals surface area contributed by atoms with E-state index in [-0.39, 0.29) is 10.7 Å². The molecule has 104 valence electrons. The quantitative estimate of drug-likeness (QED) is 0.736. The Morgan fingerprint density at radius 1 is 1.28 bits per heavy atom. The zero-order valence-electron chi connectivity index (χ0n) is 12.3. The maximum atomic E-state index is 12.3. The van der Waals surface area contributed by atoms with Crippen LogP contribution in [0.2, 0.25) is 0 Å². The van der Waals surface area contributed by atoms with Crippen LogP contribution in [0.3, 0.4) is 0 Å². The highest BCUT2D eigenvalue weighted by Gasteiger charge is 2.37. The van der Waals surface area contributed by atoms with Crippen molar-refractivity contribution in [3.8, 4) is 6.07 Å². The van der Waals surface area contributed by atoms with Crippen LogP contribution in [0.4, 0.5) is 0 Å². The van der Waals surface area contributed by atoms with Crippen LogP contribution in [0.5, 0.6) is 0 Å². The molecule has 0 unspecified atom stereocenters. The minimum atomic E-state index is -0.835. The fraction of sp³-hybridized carbons (Fsp3) is 0.857. The van der Waals surface area contributed by atoms with Crippen molar-refractivity contribution < 1.29 is 4.79 Å². The number of carbonyl (C=O) groups excluding carboxylic acids is 1. The molecule has 18 heavy (non-hydrogen) atoms. The number of thioether (sulfide) groups is 1. The normalized spacial score (nSPS) is 12.0. The molecule has 0 saturated carbocycles. The van der Waals surface area contributed by atoms with Gasteiger partial charge in [-0.05, 0) is 32.9 Å². The van der Waals surface area contributed by atoms with Crippen molar-refractivity contribution in [3.05, 3.63) is 0 Å². The average Bonchev–Trinajstić information content (AvgIpc) is 2.35. The molecule has 0 spiro atoms. The molecule has 0 saturated heterocycles. The number of nitrogens with zero attached hydrogens (tertiary/aromatic N) is 1. The summed E-state index contributed by atoms with van der Waals surface area (Å²) in [7, 11) is 0. The van der Waals surface area contributed by atoms with Crippen LogP contribution < -0.4 is 5.32 Å². The number of carbonyl (C=O) groups is 1. The predicted octanol–water partition coefficient (Wildman–Crippen LogP) is 3.35. The Kier molecular flexibility index (Phi) is 7.39. The number of hydrogen-bond acceptors (Lipinski definition) is 3. The fourth-order valence-electron chi connectivity index (χ4n) is 1.90. The number of amides is 1. The van der Waals surface area contributed by atoms with E-state index >= 15 is 0 Å². The van der Waals surface area contributed by atoms with Crippen LogP contribution in [0.1, 0.15) is 53.4 Å². The Labute approximate surface area is 116 Å². The average molecular weight is 270 g/mol. The molecule has 0 heterocycles. The van der Waals surface area contributed by atoms with E-state index in [0.717, 1.165) is 12.8 Å². The molecule has 1 amide bonds. The van der Waals surface area contributed by atoms with Gasteiger partial charge < -0.3 is 5.32 Å². The van der Waals surface area contributed by atoms with Crippen molar-refractivity contribution in [1.82, 2.24) is 5.32 Å². The zero-order valence-corrected chi connectivity index (χ0v) is 13.1. The molecule has 4 heteroatoms. The summed E-state index contributed by atoms with van der Waals surface area (Å²) in [5.74, 6) is -0.101. The first-order valence-corrected chi connectivity index (χ1v) is 7.84. The van der Waals surface area contributed by atoms with E-state index in [2.05, 4.69) is 25.2 Å². The summed E-state index contributed by atoms with van der Waals surface area (Å²) in [6.45, 7) is 8.81. The standard InChI is InChI=1S/C14H26N2OS/c1-6-8-14(10-15,9-7-2)12(17)16-11-13(3,4)18-5/h6-9,11H2,1-5H3,(H,16,17). The molecule has 0 aliphatic heterocycles. The van der Waals surface area contributed by atoms with Crippen LogP contribution >= 0.6 is 11.8 Å². The SMILES string of the molecule is CCCC(C#N)(CCC)C(=O)NCC(C)(C)SC. The van der Waals surface area contributed by atoms with E-state index in [1.807, 2.05) is 20.1 Å². The second-order valence-corrected chi connectivity index (χ2v) is 6.85. The van der Waals surface area contributed by atoms with Crippen molar-refractivity contribution >= 4 is 17.7 Å². The molecule has 0 bridgehead atoms. The van der Waals surface area contributed by atoms with Gasteiger partial charge >= 0.3 is 0 Å². The molecule has 0 atom stereocenters. The van der Waals surface area contributed by atoms with E-state index in [1.54, 1.807) is 11.8 Å². The Bertz CT molecular complexity index is 301. The smallest absolute Gasteiger partial charge is 0.240 e. The molecule has 0 aliphatic rings. The summed E-state index contributed by atoms with van der Waals surface area (Å²) >= 11 is 1.72. The van der Waals surface area contributed by atoms with Gasteiger partial charge in [0.15, 0.2) is 0 Å². The summed E-state index contributed by atoms with van der Waals surface area (Å²) in [6.07, 6.45) is 5.02. The van der Waals surface area contributed by atoms with Crippen molar-refractivity contribution in [2.24, 2.45) is 5.41 Å². The maximum absolute atomic E-state index is 12.3. The van der Waals surface area contributed by atoms with Crippen LogP contribution in [0.15, 0.2) is 0 Å². The Hall–Kier alpha value is -0.690. The van der Waals surface area contributed by atoms with Gasteiger partial charge in [-0.25, -0.2) is 0 Å². The molecule has 0 radical (unpaired) electrons. The molecule has 0 rings (SSSR count). The largest absolute Gasteiger partial charge is 0.353 e. The van der Waals surface area contributed by atoms with E-state index < -0.39 is 5.41 Å². The third-order valence-electron chi connectivity index (χ3n) is 3.23. The van der Waals surface area contributed by atoms with Gasteiger partial charge in [0.25, 0.3) is 0 Å². The second-order valence-electron chi connectivity index (χ2n) is 5.34. The lowest BCUT2D eigenvalue weighted by molar-refractivity contribution is -0.129. The first-order chi connectivity index (χ1) is 8.37. The van der Waals surface area contributed by atoms with Crippen molar-refractivity contribution in [2.45, 2.75) is 58.1 Å². The second kappa shape index (κ2) is 7.68. The third kappa shape index (κ3) is 4.89. The van der Waals surface area contributed by atoms with E-state index in [1.165, 1.54) is 0 Å². The van der Waals surface area contributed by atoms with Gasteiger partial charge in [0.05, 0.1) is 6.07 Å². The lowest BCUT2D eigenvalue weighted by Crippen LogP contribution is -2.44. The summed E-state index contributed by atoms with van der Waals surface area (Å²) in [5.41, 5.74) is -0.835. The number of hydrogen-bond donors (Lipinski definition) is 1. The topological polar surface area (TPSA) is 52.9 Å². The molecule has 0 fully saturated rings. The number of rotatable bonds is 8. The first-order valence-electron chi connectivity index (χ1n) is 6.62. The number of nitrogens with one attached hydrogen (secondary N) is 1. The van der Waals surface area contributed by atoms with Gasteiger partial charge in [0.1, 0.15) is 5.41 Å². The summed E-state index contributed by atoms with van der Waals surface area (Å²) in [6, 6.07) is 2.25. The molecule has 0 aromatic rings. The van der Waals surface area contributed by atoms with E-state index in [4.69, 9.17) is 0 Å². The van der Waals surface area contributed by atoms with Crippen LogP contribution in [-0.2, 0) is 4.79 Å². The van der Waals surface area contributed by atoms with Crippen LogP contribution in [0.25, 0.3) is 0 Å². The van der Waals surface area contributed by atoms with Gasteiger partial charge in [0, 0.05) is 11.3 Å². The Morgan fingerprint density at radius 3 is 2.11 bits per heavy atom. The van der Waals surface area contributed by atoms with Gasteiger partial charge in [-0.1, -0.05) is 26.7 Å². The molecular weight excluding hydrogens is 244 g/mol. The summed E-state index contributed by atoms with van der Waals surface area (Å²) in [4.78, 5) is 12.3. The zero-order chi connectivity index (χ0) is 14.2. The van der Waals surface area contributed by atoms with E-state index in [9.17, 15) is 10.1 Å². The minimum absolute atomic E-state index is 0.00921. The molecule has 0 aromatic carbocycles. The highest BCUT2D eigenvalue weighted by molar-refractivity contribution is 7.99. The van der Waals surface area contributed by atoms with Gasteiger partial charge in [-0.15, -0.1) is 0 Å². The Morgan fingerprint density at radius 2 is 1.78 bits per heavy atom. The van der Waals surface area contributed by atoms with Gasteiger partial charge in [0.2, 0.25) is 5.91 Å². The first kappa shape index (κ1) is 17.3. The maximum Gasteiger partial charge on any atom is 0.240 e. The predicted molar refractivity (Wildman–Crippen MR) is 78.5 cm³/mol. The molecule has 1 N–H and O–H groups in total. The highest BCUT2D eigenvalue weighted by atomic mass is 32.2. The van der Waals surface area contributed by atoms with Crippen molar-refractivity contribution in [1.29, 1.82) is 5.26 Å². The van der Waals surface area contributed by atoms with Crippen LogP contribution in [0, 0.1) is 16.7 Å². The van der Waals surface area contributed by atoms with Gasteiger partial charge in [-0.2, -0.15) is 17.0 Å². The van der Waals surface area contributed by atoms with Crippen molar-refractivity contribution in [3.63, 3.8) is 0 Å². The minimum Gasteiger partial charge on any atom is -0.353 e. The molecular formula is C14H26N2OS. The number of nitriles is 1. The van der Waals surface area contributed by atoms with Crippen molar-refractivity contribution in [2.75, 3.05) is 12.8 Å². The fourth-order valence-corrected chi connectivity index (χ4v) is 2.12. The van der Waals surface area contributed by atoms with Gasteiger partial charge in [-0.3, -0.25) is 4.79 Å².